The Morgan fingerprint density at radius 2 is 1.95 bits per heavy atom. The normalized spacial score (nSPS) is 32.6. The largest absolute Gasteiger partial charge is 0.344 e. The first kappa shape index (κ1) is 12.9. The van der Waals surface area contributed by atoms with Crippen molar-refractivity contribution in [3.05, 3.63) is 0 Å². The topological polar surface area (TPSA) is 61.4 Å². The Labute approximate surface area is 114 Å². The highest BCUT2D eigenvalue weighted by Gasteiger charge is 2.34. The Morgan fingerprint density at radius 3 is 2.53 bits per heavy atom. The molecule has 0 spiro atoms. The quantitative estimate of drug-likeness (QED) is 0.752. The lowest BCUT2D eigenvalue weighted by Crippen LogP contribution is -2.49. The summed E-state index contributed by atoms with van der Waals surface area (Å²) < 4.78 is 0. The van der Waals surface area contributed by atoms with E-state index in [1.54, 1.807) is 0 Å². The second-order valence-corrected chi connectivity index (χ2v) is 6.02. The van der Waals surface area contributed by atoms with E-state index in [9.17, 15) is 9.59 Å². The maximum atomic E-state index is 12.3. The molecule has 2 N–H and O–H groups in total. The molecule has 3 aliphatic rings. The van der Waals surface area contributed by atoms with E-state index in [-0.39, 0.29) is 17.9 Å². The molecule has 0 aliphatic carbocycles. The van der Waals surface area contributed by atoms with Crippen molar-refractivity contribution in [3.63, 3.8) is 0 Å². The Kier molecular flexibility index (Phi) is 3.73. The SMILES string of the molecule is O=C1CC[C@H](C(=O)N2CCC(C3CCCN3)CC2)N1. The molecule has 0 aromatic carbocycles. The van der Waals surface area contributed by atoms with Crippen molar-refractivity contribution in [2.75, 3.05) is 19.6 Å². The summed E-state index contributed by atoms with van der Waals surface area (Å²) in [6.45, 7) is 2.86. The van der Waals surface area contributed by atoms with Gasteiger partial charge in [-0.15, -0.1) is 0 Å². The summed E-state index contributed by atoms with van der Waals surface area (Å²) in [5.41, 5.74) is 0. The first-order valence-electron chi connectivity index (χ1n) is 7.55. The Balaban J connectivity index is 1.49. The van der Waals surface area contributed by atoms with E-state index < -0.39 is 0 Å². The summed E-state index contributed by atoms with van der Waals surface area (Å²) in [5.74, 6) is 0.872. The Morgan fingerprint density at radius 1 is 1.16 bits per heavy atom. The molecular weight excluding hydrogens is 242 g/mol. The van der Waals surface area contributed by atoms with Crippen molar-refractivity contribution < 1.29 is 9.59 Å². The van der Waals surface area contributed by atoms with E-state index >= 15 is 0 Å². The lowest BCUT2D eigenvalue weighted by molar-refractivity contribution is -0.135. The molecule has 3 saturated heterocycles. The number of hydrogen-bond donors (Lipinski definition) is 2. The van der Waals surface area contributed by atoms with Crippen LogP contribution >= 0.6 is 0 Å². The molecule has 1 unspecified atom stereocenters. The van der Waals surface area contributed by atoms with Crippen LogP contribution < -0.4 is 10.6 Å². The van der Waals surface area contributed by atoms with Gasteiger partial charge in [-0.25, -0.2) is 0 Å². The van der Waals surface area contributed by atoms with Gasteiger partial charge in [-0.2, -0.15) is 0 Å². The van der Waals surface area contributed by atoms with Crippen molar-refractivity contribution in [1.29, 1.82) is 0 Å². The number of nitrogens with one attached hydrogen (secondary N) is 2. The lowest BCUT2D eigenvalue weighted by atomic mass is 9.88. The third-order valence-electron chi connectivity index (χ3n) is 4.81. The van der Waals surface area contributed by atoms with Gasteiger partial charge in [0.05, 0.1) is 0 Å². The molecule has 3 aliphatic heterocycles. The zero-order valence-electron chi connectivity index (χ0n) is 11.4. The summed E-state index contributed by atoms with van der Waals surface area (Å²) >= 11 is 0. The predicted octanol–water partition coefficient (Wildman–Crippen LogP) is 0.256. The van der Waals surface area contributed by atoms with Gasteiger partial charge in [0.15, 0.2) is 0 Å². The molecule has 3 fully saturated rings. The van der Waals surface area contributed by atoms with E-state index in [0.29, 0.717) is 18.9 Å². The van der Waals surface area contributed by atoms with Crippen molar-refractivity contribution in [3.8, 4) is 0 Å². The summed E-state index contributed by atoms with van der Waals surface area (Å²) in [6.07, 6.45) is 5.95. The molecule has 0 bridgehead atoms. The van der Waals surface area contributed by atoms with Gasteiger partial charge in [0.1, 0.15) is 6.04 Å². The van der Waals surface area contributed by atoms with Gasteiger partial charge in [-0.3, -0.25) is 9.59 Å². The highest BCUT2D eigenvalue weighted by atomic mass is 16.2. The monoisotopic (exact) mass is 265 g/mol. The van der Waals surface area contributed by atoms with E-state index in [1.165, 1.54) is 12.8 Å². The van der Waals surface area contributed by atoms with Crippen LogP contribution in [-0.4, -0.2) is 48.4 Å². The smallest absolute Gasteiger partial charge is 0.245 e. The summed E-state index contributed by atoms with van der Waals surface area (Å²) in [4.78, 5) is 25.4. The molecule has 3 heterocycles. The summed E-state index contributed by atoms with van der Waals surface area (Å²) in [6, 6.07) is 0.414. The number of nitrogens with zero attached hydrogens (tertiary/aromatic N) is 1. The molecule has 0 aromatic rings. The summed E-state index contributed by atoms with van der Waals surface area (Å²) in [7, 11) is 0. The second kappa shape index (κ2) is 5.49. The molecule has 3 rings (SSSR count). The third-order valence-corrected chi connectivity index (χ3v) is 4.81. The fourth-order valence-electron chi connectivity index (χ4n) is 3.66. The highest BCUT2D eigenvalue weighted by molar-refractivity contribution is 5.90. The molecule has 2 atom stereocenters. The number of carbonyl (C=O) groups excluding carboxylic acids is 2. The van der Waals surface area contributed by atoms with Crippen LogP contribution in [0.4, 0.5) is 0 Å². The maximum Gasteiger partial charge on any atom is 0.245 e. The lowest BCUT2D eigenvalue weighted by Gasteiger charge is -2.36. The number of hydrogen-bond acceptors (Lipinski definition) is 3. The van der Waals surface area contributed by atoms with Crippen LogP contribution in [0.1, 0.15) is 38.5 Å². The molecular formula is C14H23N3O2. The minimum absolute atomic E-state index is 0.0170. The fraction of sp³-hybridized carbons (Fsp3) is 0.857. The minimum atomic E-state index is -0.256. The molecule has 0 radical (unpaired) electrons. The first-order chi connectivity index (χ1) is 9.24. The van der Waals surface area contributed by atoms with E-state index in [1.807, 2.05) is 4.90 Å². The van der Waals surface area contributed by atoms with Crippen LogP contribution in [0.5, 0.6) is 0 Å². The molecule has 0 aromatic heterocycles. The van der Waals surface area contributed by atoms with Crippen LogP contribution in [0.15, 0.2) is 0 Å². The van der Waals surface area contributed by atoms with Crippen LogP contribution in [0, 0.1) is 5.92 Å². The first-order valence-corrected chi connectivity index (χ1v) is 7.55. The van der Waals surface area contributed by atoms with Crippen molar-refractivity contribution in [2.45, 2.75) is 50.6 Å². The van der Waals surface area contributed by atoms with Crippen LogP contribution in [0.2, 0.25) is 0 Å². The van der Waals surface area contributed by atoms with Crippen LogP contribution in [0.3, 0.4) is 0 Å². The third kappa shape index (κ3) is 2.76. The second-order valence-electron chi connectivity index (χ2n) is 6.02. The molecule has 106 valence electrons. The number of rotatable bonds is 2. The van der Waals surface area contributed by atoms with Crippen molar-refractivity contribution >= 4 is 11.8 Å². The van der Waals surface area contributed by atoms with E-state index in [0.717, 1.165) is 38.4 Å². The Bertz CT molecular complexity index is 358. The average Bonchev–Trinajstić information content (AvgIpc) is 3.09. The van der Waals surface area contributed by atoms with Gasteiger partial charge in [0, 0.05) is 25.6 Å². The predicted molar refractivity (Wildman–Crippen MR) is 71.5 cm³/mol. The van der Waals surface area contributed by atoms with Gasteiger partial charge in [-0.1, -0.05) is 0 Å². The summed E-state index contributed by atoms with van der Waals surface area (Å²) in [5, 5.41) is 6.35. The highest BCUT2D eigenvalue weighted by Crippen LogP contribution is 2.26. The van der Waals surface area contributed by atoms with Gasteiger partial charge >= 0.3 is 0 Å². The molecule has 0 saturated carbocycles. The van der Waals surface area contributed by atoms with Gasteiger partial charge in [-0.05, 0) is 44.6 Å². The van der Waals surface area contributed by atoms with Crippen LogP contribution in [0.25, 0.3) is 0 Å². The van der Waals surface area contributed by atoms with E-state index in [2.05, 4.69) is 10.6 Å². The number of piperidine rings is 1. The minimum Gasteiger partial charge on any atom is -0.344 e. The molecule has 5 heteroatoms. The molecule has 5 nitrogen and oxygen atoms in total. The zero-order chi connectivity index (χ0) is 13.2. The van der Waals surface area contributed by atoms with Gasteiger partial charge < -0.3 is 15.5 Å². The Hall–Kier alpha value is -1.10. The molecule has 19 heavy (non-hydrogen) atoms. The van der Waals surface area contributed by atoms with Crippen molar-refractivity contribution in [2.24, 2.45) is 5.92 Å². The molecule has 2 amide bonds. The zero-order valence-corrected chi connectivity index (χ0v) is 11.4. The number of likely N-dealkylation sites (tertiary alicyclic amines) is 1. The van der Waals surface area contributed by atoms with E-state index in [4.69, 9.17) is 0 Å². The number of amides is 2. The van der Waals surface area contributed by atoms with Gasteiger partial charge in [0.25, 0.3) is 0 Å². The maximum absolute atomic E-state index is 12.3. The fourth-order valence-corrected chi connectivity index (χ4v) is 3.66. The van der Waals surface area contributed by atoms with Crippen molar-refractivity contribution in [1.82, 2.24) is 15.5 Å². The standard InChI is InChI=1S/C14H23N3O2/c18-13-4-3-12(16-13)14(19)17-8-5-10(6-9-17)11-2-1-7-15-11/h10-12,15H,1-9H2,(H,16,18)/t11?,12-/m1/s1. The number of carbonyl (C=O) groups is 2. The van der Waals surface area contributed by atoms with Crippen LogP contribution in [-0.2, 0) is 9.59 Å². The van der Waals surface area contributed by atoms with Gasteiger partial charge in [0.2, 0.25) is 11.8 Å². The average molecular weight is 265 g/mol.